The number of hydrogen-bond acceptors (Lipinski definition) is 2. The monoisotopic (exact) mass is 306 g/mol. The van der Waals surface area contributed by atoms with E-state index in [1.54, 1.807) is 12.1 Å². The van der Waals surface area contributed by atoms with Gasteiger partial charge in [-0.3, -0.25) is 0 Å². The van der Waals surface area contributed by atoms with E-state index >= 15 is 0 Å². The Morgan fingerprint density at radius 2 is 2.06 bits per heavy atom. The van der Waals surface area contributed by atoms with Crippen molar-refractivity contribution in [2.75, 3.05) is 0 Å². The molecule has 2 rings (SSSR count). The average Bonchev–Trinajstić information content (AvgIpc) is 2.06. The first-order valence-corrected chi connectivity index (χ1v) is 7.65. The van der Waals surface area contributed by atoms with Crippen molar-refractivity contribution in [2.24, 2.45) is 0 Å². The standard InChI is InChI=1S/C11H12BrFO2S/c12-10-5-4-8(6-11(10)13)7-16(14,15)9-2-1-3-9/h4-6,9H,1-3,7H2. The van der Waals surface area contributed by atoms with Crippen LogP contribution in [0.2, 0.25) is 0 Å². The molecule has 0 atom stereocenters. The lowest BCUT2D eigenvalue weighted by Crippen LogP contribution is -2.29. The molecule has 0 aliphatic heterocycles. The third-order valence-corrected chi connectivity index (χ3v) is 5.78. The van der Waals surface area contributed by atoms with Gasteiger partial charge >= 0.3 is 0 Å². The quantitative estimate of drug-likeness (QED) is 0.860. The minimum Gasteiger partial charge on any atom is -0.228 e. The minimum absolute atomic E-state index is 0.0537. The van der Waals surface area contributed by atoms with E-state index in [4.69, 9.17) is 0 Å². The normalized spacial score (nSPS) is 17.1. The van der Waals surface area contributed by atoms with Crippen LogP contribution in [0.25, 0.3) is 0 Å². The van der Waals surface area contributed by atoms with Gasteiger partial charge in [-0.25, -0.2) is 12.8 Å². The van der Waals surface area contributed by atoms with Crippen LogP contribution in [0.15, 0.2) is 22.7 Å². The Bertz CT molecular complexity index is 495. The SMILES string of the molecule is O=S(=O)(Cc1ccc(Br)c(F)c1)C1CCC1. The summed E-state index contributed by atoms with van der Waals surface area (Å²) in [7, 11) is -3.09. The van der Waals surface area contributed by atoms with Gasteiger partial charge in [0.2, 0.25) is 0 Å². The van der Waals surface area contributed by atoms with Gasteiger partial charge in [-0.15, -0.1) is 0 Å². The molecule has 16 heavy (non-hydrogen) atoms. The first-order valence-electron chi connectivity index (χ1n) is 5.14. The largest absolute Gasteiger partial charge is 0.228 e. The average molecular weight is 307 g/mol. The van der Waals surface area contributed by atoms with Crippen molar-refractivity contribution in [3.63, 3.8) is 0 Å². The van der Waals surface area contributed by atoms with Gasteiger partial charge in [0.15, 0.2) is 9.84 Å². The van der Waals surface area contributed by atoms with Gasteiger partial charge < -0.3 is 0 Å². The predicted molar refractivity (Wildman–Crippen MR) is 64.4 cm³/mol. The van der Waals surface area contributed by atoms with Crippen molar-refractivity contribution < 1.29 is 12.8 Å². The molecule has 1 aliphatic carbocycles. The highest BCUT2D eigenvalue weighted by Crippen LogP contribution is 2.29. The van der Waals surface area contributed by atoms with Crippen molar-refractivity contribution in [3.8, 4) is 0 Å². The lowest BCUT2D eigenvalue weighted by atomic mass is 10.00. The Balaban J connectivity index is 2.17. The molecule has 1 saturated carbocycles. The Labute approximate surface area is 103 Å². The molecule has 0 spiro atoms. The van der Waals surface area contributed by atoms with E-state index in [-0.39, 0.29) is 11.0 Å². The van der Waals surface area contributed by atoms with E-state index in [2.05, 4.69) is 15.9 Å². The fourth-order valence-corrected chi connectivity index (χ4v) is 3.89. The van der Waals surface area contributed by atoms with Gasteiger partial charge in [0.1, 0.15) is 5.82 Å². The molecule has 0 saturated heterocycles. The lowest BCUT2D eigenvalue weighted by molar-refractivity contribution is 0.476. The third kappa shape index (κ3) is 2.46. The molecule has 0 aromatic heterocycles. The molecule has 0 bridgehead atoms. The summed E-state index contributed by atoms with van der Waals surface area (Å²) < 4.78 is 37.3. The van der Waals surface area contributed by atoms with Crippen molar-refractivity contribution >= 4 is 25.8 Å². The molecule has 0 unspecified atom stereocenters. The zero-order chi connectivity index (χ0) is 11.8. The maximum atomic E-state index is 13.2. The molecule has 5 heteroatoms. The highest BCUT2D eigenvalue weighted by molar-refractivity contribution is 9.10. The number of benzene rings is 1. The second-order valence-electron chi connectivity index (χ2n) is 4.11. The fourth-order valence-electron chi connectivity index (χ4n) is 1.71. The molecule has 0 N–H and O–H groups in total. The van der Waals surface area contributed by atoms with Crippen LogP contribution in [0, 0.1) is 5.82 Å². The number of sulfone groups is 1. The van der Waals surface area contributed by atoms with E-state index in [1.165, 1.54) is 6.07 Å². The molecule has 1 aromatic carbocycles. The van der Waals surface area contributed by atoms with Crippen molar-refractivity contribution in [2.45, 2.75) is 30.3 Å². The van der Waals surface area contributed by atoms with Crippen LogP contribution in [-0.2, 0) is 15.6 Å². The molecule has 88 valence electrons. The van der Waals surface area contributed by atoms with Crippen molar-refractivity contribution in [1.82, 2.24) is 0 Å². The van der Waals surface area contributed by atoms with E-state index in [1.807, 2.05) is 0 Å². The summed E-state index contributed by atoms with van der Waals surface area (Å²) >= 11 is 3.04. The summed E-state index contributed by atoms with van der Waals surface area (Å²) in [6, 6.07) is 4.46. The van der Waals surface area contributed by atoms with Gasteiger partial charge in [-0.2, -0.15) is 0 Å². The minimum atomic E-state index is -3.09. The van der Waals surface area contributed by atoms with E-state index < -0.39 is 15.7 Å². The van der Waals surface area contributed by atoms with Gasteiger partial charge in [0, 0.05) is 0 Å². The molecule has 0 amide bonds. The van der Waals surface area contributed by atoms with Crippen LogP contribution >= 0.6 is 15.9 Å². The highest BCUT2D eigenvalue weighted by Gasteiger charge is 2.31. The van der Waals surface area contributed by atoms with Gasteiger partial charge in [-0.1, -0.05) is 12.5 Å². The molecular formula is C11H12BrFO2S. The van der Waals surface area contributed by atoms with Crippen LogP contribution in [0.3, 0.4) is 0 Å². The highest BCUT2D eigenvalue weighted by atomic mass is 79.9. The summed E-state index contributed by atoms with van der Waals surface area (Å²) in [5.41, 5.74) is 0.521. The summed E-state index contributed by atoms with van der Waals surface area (Å²) in [4.78, 5) is 0. The van der Waals surface area contributed by atoms with Crippen LogP contribution in [0.1, 0.15) is 24.8 Å². The van der Waals surface area contributed by atoms with Crippen LogP contribution < -0.4 is 0 Å². The van der Waals surface area contributed by atoms with Crippen LogP contribution in [0.5, 0.6) is 0 Å². The molecule has 1 fully saturated rings. The smallest absolute Gasteiger partial charge is 0.157 e. The van der Waals surface area contributed by atoms with Crippen LogP contribution in [0.4, 0.5) is 4.39 Å². The summed E-state index contributed by atoms with van der Waals surface area (Å²) in [5, 5.41) is -0.209. The van der Waals surface area contributed by atoms with Gasteiger partial charge in [0.25, 0.3) is 0 Å². The number of halogens is 2. The maximum absolute atomic E-state index is 13.2. The summed E-state index contributed by atoms with van der Waals surface area (Å²) in [6.45, 7) is 0. The molecule has 1 aliphatic rings. The Kier molecular flexibility index (Phi) is 3.35. The van der Waals surface area contributed by atoms with E-state index in [0.717, 1.165) is 19.3 Å². The topological polar surface area (TPSA) is 34.1 Å². The number of hydrogen-bond donors (Lipinski definition) is 0. The molecule has 0 heterocycles. The van der Waals surface area contributed by atoms with Gasteiger partial charge in [-0.05, 0) is 46.5 Å². The van der Waals surface area contributed by atoms with E-state index in [0.29, 0.717) is 10.0 Å². The Hall–Kier alpha value is -0.420. The molecule has 2 nitrogen and oxygen atoms in total. The summed E-state index contributed by atoms with van der Waals surface area (Å²) in [5.74, 6) is -0.469. The first kappa shape index (κ1) is 12.0. The second kappa shape index (κ2) is 4.45. The zero-order valence-corrected chi connectivity index (χ0v) is 11.0. The van der Waals surface area contributed by atoms with Gasteiger partial charge in [0.05, 0.1) is 15.5 Å². The Morgan fingerprint density at radius 3 is 2.56 bits per heavy atom. The molecule has 0 radical (unpaired) electrons. The maximum Gasteiger partial charge on any atom is 0.157 e. The lowest BCUT2D eigenvalue weighted by Gasteiger charge is -2.25. The van der Waals surface area contributed by atoms with Crippen LogP contribution in [-0.4, -0.2) is 13.7 Å². The van der Waals surface area contributed by atoms with Crippen molar-refractivity contribution in [1.29, 1.82) is 0 Å². The Morgan fingerprint density at radius 1 is 1.38 bits per heavy atom. The zero-order valence-electron chi connectivity index (χ0n) is 8.62. The molecule has 1 aromatic rings. The van der Waals surface area contributed by atoms with Crippen molar-refractivity contribution in [3.05, 3.63) is 34.1 Å². The first-order chi connectivity index (χ1) is 7.49. The number of rotatable bonds is 3. The third-order valence-electron chi connectivity index (χ3n) is 2.91. The molecular weight excluding hydrogens is 295 g/mol. The second-order valence-corrected chi connectivity index (χ2v) is 7.24. The fraction of sp³-hybridized carbons (Fsp3) is 0.455. The van der Waals surface area contributed by atoms with E-state index in [9.17, 15) is 12.8 Å². The summed E-state index contributed by atoms with van der Waals surface area (Å²) in [6.07, 6.45) is 2.49. The predicted octanol–water partition coefficient (Wildman–Crippen LogP) is 3.06.